The van der Waals surface area contributed by atoms with Crippen molar-refractivity contribution in [3.8, 4) is 11.3 Å². The topological polar surface area (TPSA) is 74.3 Å². The molecule has 2 amide bonds. The number of pyridine rings is 1. The van der Waals surface area contributed by atoms with Crippen molar-refractivity contribution < 1.29 is 14.0 Å². The number of hydrogen-bond donors (Lipinski definition) is 2. The molecule has 170 valence electrons. The maximum atomic E-state index is 13.4. The maximum Gasteiger partial charge on any atom is 0.253 e. The molecule has 0 spiro atoms. The second kappa shape index (κ2) is 10.2. The average molecular weight is 439 g/mol. The fraction of sp³-hybridized carbons (Fsp3) is 0.480. The third-order valence-corrected chi connectivity index (χ3v) is 6.63. The largest absolute Gasteiger partial charge is 0.354 e. The number of nitrogens with zero attached hydrogens (tertiary/aromatic N) is 2. The lowest BCUT2D eigenvalue weighted by atomic mass is 9.88. The number of hydrogen-bond acceptors (Lipinski definition) is 4. The van der Waals surface area contributed by atoms with E-state index in [9.17, 15) is 14.0 Å². The van der Waals surface area contributed by atoms with E-state index in [0.29, 0.717) is 28.9 Å². The molecule has 7 heteroatoms. The Morgan fingerprint density at radius 2 is 1.69 bits per heavy atom. The summed E-state index contributed by atoms with van der Waals surface area (Å²) in [5.41, 5.74) is 1.85. The molecule has 1 aromatic heterocycles. The van der Waals surface area contributed by atoms with E-state index in [1.165, 1.54) is 12.1 Å². The van der Waals surface area contributed by atoms with Crippen molar-refractivity contribution in [3.63, 3.8) is 0 Å². The van der Waals surface area contributed by atoms with E-state index >= 15 is 0 Å². The molecule has 2 aromatic rings. The Morgan fingerprint density at radius 3 is 2.31 bits per heavy atom. The lowest BCUT2D eigenvalue weighted by Crippen LogP contribution is -2.50. The first-order valence-electron chi connectivity index (χ1n) is 11.5. The van der Waals surface area contributed by atoms with Gasteiger partial charge >= 0.3 is 0 Å². The van der Waals surface area contributed by atoms with E-state index in [0.717, 1.165) is 51.6 Å². The van der Waals surface area contributed by atoms with Crippen molar-refractivity contribution in [3.05, 3.63) is 54.0 Å². The normalized spacial score (nSPS) is 22.3. The van der Waals surface area contributed by atoms with Crippen LogP contribution in [-0.2, 0) is 4.79 Å². The third-order valence-electron chi connectivity index (χ3n) is 6.63. The summed E-state index contributed by atoms with van der Waals surface area (Å²) in [5.74, 6) is -0.361. The van der Waals surface area contributed by atoms with Crippen LogP contribution in [0, 0.1) is 5.82 Å². The van der Waals surface area contributed by atoms with Crippen molar-refractivity contribution in [1.82, 2.24) is 20.5 Å². The first-order chi connectivity index (χ1) is 15.5. The van der Waals surface area contributed by atoms with Gasteiger partial charge in [0, 0.05) is 49.9 Å². The lowest BCUT2D eigenvalue weighted by molar-refractivity contribution is -0.119. The molecule has 2 aliphatic rings. The van der Waals surface area contributed by atoms with E-state index in [-0.39, 0.29) is 23.7 Å². The Labute approximate surface area is 188 Å². The molecule has 1 aliphatic carbocycles. The van der Waals surface area contributed by atoms with Gasteiger partial charge in [0.05, 0.1) is 11.3 Å². The summed E-state index contributed by atoms with van der Waals surface area (Å²) in [4.78, 5) is 30.8. The number of halogens is 1. The number of carbonyl (C=O) groups is 2. The Morgan fingerprint density at radius 1 is 0.969 bits per heavy atom. The molecule has 2 heterocycles. The fourth-order valence-electron chi connectivity index (χ4n) is 4.90. The molecular formula is C25H31FN4O2. The second-order valence-corrected chi connectivity index (χ2v) is 8.93. The van der Waals surface area contributed by atoms with Gasteiger partial charge < -0.3 is 15.5 Å². The van der Waals surface area contributed by atoms with Gasteiger partial charge in [0.2, 0.25) is 5.91 Å². The fourth-order valence-corrected chi connectivity index (χ4v) is 4.90. The summed E-state index contributed by atoms with van der Waals surface area (Å²) in [5, 5.41) is 6.18. The number of benzene rings is 1. The van der Waals surface area contributed by atoms with Gasteiger partial charge in [-0.3, -0.25) is 14.6 Å². The standard InChI is InChI=1S/C25H31FN4O2/c1-17(31)28-21-6-8-23(9-7-21)30-13-11-22(12-14-30)29-25(32)19-5-10-24(27-16-19)18-3-2-4-20(26)15-18/h2-5,10,15-16,21-23H,6-9,11-14H2,1H3,(H,28,31)(H,29,32). The van der Waals surface area contributed by atoms with Crippen LogP contribution in [0.1, 0.15) is 55.8 Å². The highest BCUT2D eigenvalue weighted by molar-refractivity contribution is 5.94. The second-order valence-electron chi connectivity index (χ2n) is 8.93. The van der Waals surface area contributed by atoms with E-state index in [1.807, 2.05) is 0 Å². The molecule has 1 aromatic carbocycles. The molecule has 1 aliphatic heterocycles. The highest BCUT2D eigenvalue weighted by Gasteiger charge is 2.29. The minimum absolute atomic E-state index is 0.0591. The Bertz CT molecular complexity index is 933. The van der Waals surface area contributed by atoms with Crippen LogP contribution in [-0.4, -0.2) is 52.9 Å². The number of piperidine rings is 1. The van der Waals surface area contributed by atoms with Crippen LogP contribution in [0.3, 0.4) is 0 Å². The minimum atomic E-state index is -0.307. The van der Waals surface area contributed by atoms with Crippen molar-refractivity contribution in [1.29, 1.82) is 0 Å². The Hall–Kier alpha value is -2.80. The first kappa shape index (κ1) is 22.4. The number of rotatable bonds is 5. The quantitative estimate of drug-likeness (QED) is 0.749. The van der Waals surface area contributed by atoms with Crippen LogP contribution in [0.2, 0.25) is 0 Å². The van der Waals surface area contributed by atoms with Gasteiger partial charge in [0.1, 0.15) is 5.82 Å². The predicted molar refractivity (Wildman–Crippen MR) is 122 cm³/mol. The summed E-state index contributed by atoms with van der Waals surface area (Å²) in [6.07, 6.45) is 7.74. The lowest BCUT2D eigenvalue weighted by Gasteiger charge is -2.41. The highest BCUT2D eigenvalue weighted by atomic mass is 19.1. The summed E-state index contributed by atoms with van der Waals surface area (Å²) < 4.78 is 13.4. The smallest absolute Gasteiger partial charge is 0.253 e. The van der Waals surface area contributed by atoms with Crippen molar-refractivity contribution in [2.45, 2.75) is 63.6 Å². The third kappa shape index (κ3) is 5.71. The highest BCUT2D eigenvalue weighted by Crippen LogP contribution is 2.26. The van der Waals surface area contributed by atoms with E-state index in [1.54, 1.807) is 37.4 Å². The van der Waals surface area contributed by atoms with Gasteiger partial charge in [-0.05, 0) is 62.8 Å². The molecule has 0 radical (unpaired) electrons. The average Bonchev–Trinajstić information content (AvgIpc) is 2.80. The number of carbonyl (C=O) groups excluding carboxylic acids is 2. The molecule has 32 heavy (non-hydrogen) atoms. The van der Waals surface area contributed by atoms with Crippen LogP contribution in [0.5, 0.6) is 0 Å². The molecule has 1 saturated carbocycles. The molecule has 6 nitrogen and oxygen atoms in total. The molecule has 1 saturated heterocycles. The van der Waals surface area contributed by atoms with Gasteiger partial charge in [-0.25, -0.2) is 4.39 Å². The van der Waals surface area contributed by atoms with Crippen LogP contribution in [0.25, 0.3) is 11.3 Å². The zero-order valence-electron chi connectivity index (χ0n) is 18.5. The Kier molecular flexibility index (Phi) is 7.15. The molecule has 2 fully saturated rings. The summed E-state index contributed by atoms with van der Waals surface area (Å²) >= 11 is 0. The SMILES string of the molecule is CC(=O)NC1CCC(N2CCC(NC(=O)c3ccc(-c4cccc(F)c4)nc3)CC2)CC1. The van der Waals surface area contributed by atoms with Gasteiger partial charge in [-0.15, -0.1) is 0 Å². The van der Waals surface area contributed by atoms with Crippen molar-refractivity contribution in [2.24, 2.45) is 0 Å². The minimum Gasteiger partial charge on any atom is -0.354 e. The van der Waals surface area contributed by atoms with Crippen LogP contribution < -0.4 is 10.6 Å². The maximum absolute atomic E-state index is 13.4. The van der Waals surface area contributed by atoms with Gasteiger partial charge in [-0.1, -0.05) is 12.1 Å². The van der Waals surface area contributed by atoms with Crippen molar-refractivity contribution in [2.75, 3.05) is 13.1 Å². The number of likely N-dealkylation sites (tertiary alicyclic amines) is 1. The molecule has 4 rings (SSSR count). The van der Waals surface area contributed by atoms with Crippen LogP contribution in [0.15, 0.2) is 42.6 Å². The number of aromatic nitrogens is 1. The Balaban J connectivity index is 1.24. The summed E-state index contributed by atoms with van der Waals surface area (Å²) in [6.45, 7) is 3.55. The van der Waals surface area contributed by atoms with E-state index in [2.05, 4.69) is 20.5 Å². The summed E-state index contributed by atoms with van der Waals surface area (Å²) in [6, 6.07) is 10.8. The molecule has 0 bridgehead atoms. The number of nitrogens with one attached hydrogen (secondary N) is 2. The first-order valence-corrected chi connectivity index (χ1v) is 11.5. The zero-order valence-corrected chi connectivity index (χ0v) is 18.5. The molecule has 2 N–H and O–H groups in total. The summed E-state index contributed by atoms with van der Waals surface area (Å²) in [7, 11) is 0. The van der Waals surface area contributed by atoms with Gasteiger partial charge in [0.15, 0.2) is 0 Å². The van der Waals surface area contributed by atoms with Crippen LogP contribution in [0.4, 0.5) is 4.39 Å². The molecule has 0 atom stereocenters. The zero-order chi connectivity index (χ0) is 22.5. The molecular weight excluding hydrogens is 407 g/mol. The van der Waals surface area contributed by atoms with Gasteiger partial charge in [-0.2, -0.15) is 0 Å². The predicted octanol–water partition coefficient (Wildman–Crippen LogP) is 3.53. The van der Waals surface area contributed by atoms with Crippen LogP contribution >= 0.6 is 0 Å². The number of amides is 2. The van der Waals surface area contributed by atoms with Gasteiger partial charge in [0.25, 0.3) is 5.91 Å². The molecule has 0 unspecified atom stereocenters. The monoisotopic (exact) mass is 438 g/mol. The van der Waals surface area contributed by atoms with Crippen molar-refractivity contribution >= 4 is 11.8 Å². The van der Waals surface area contributed by atoms with E-state index in [4.69, 9.17) is 0 Å². The van der Waals surface area contributed by atoms with E-state index < -0.39 is 0 Å².